The summed E-state index contributed by atoms with van der Waals surface area (Å²) in [6.45, 7) is 1.75. The molecular formula is C12H15N3O2. The van der Waals surface area contributed by atoms with Crippen molar-refractivity contribution in [2.75, 3.05) is 13.2 Å². The van der Waals surface area contributed by atoms with E-state index in [9.17, 15) is 4.79 Å². The molecule has 0 bridgehead atoms. The number of hydrogen-bond acceptors (Lipinski definition) is 4. The first kappa shape index (κ1) is 13.0. The van der Waals surface area contributed by atoms with Crippen molar-refractivity contribution < 1.29 is 9.53 Å². The third kappa shape index (κ3) is 4.53. The number of hydrogen-bond donors (Lipinski definition) is 2. The van der Waals surface area contributed by atoms with Gasteiger partial charge in [-0.3, -0.25) is 4.79 Å². The predicted molar refractivity (Wildman–Crippen MR) is 63.2 cm³/mol. The minimum absolute atomic E-state index is 0.0118. The molecule has 90 valence electrons. The smallest absolute Gasteiger partial charge is 0.258 e. The van der Waals surface area contributed by atoms with E-state index in [1.165, 1.54) is 0 Å². The average molecular weight is 233 g/mol. The molecule has 0 fully saturated rings. The van der Waals surface area contributed by atoms with Gasteiger partial charge in [-0.1, -0.05) is 12.1 Å². The normalized spacial score (nSPS) is 11.4. The second-order valence-corrected chi connectivity index (χ2v) is 3.58. The van der Waals surface area contributed by atoms with Gasteiger partial charge in [0.1, 0.15) is 12.3 Å². The van der Waals surface area contributed by atoms with E-state index in [1.807, 2.05) is 25.1 Å². The fourth-order valence-corrected chi connectivity index (χ4v) is 1.23. The van der Waals surface area contributed by atoms with Crippen LogP contribution in [0.5, 0.6) is 5.75 Å². The molecule has 3 N–H and O–H groups in total. The lowest BCUT2D eigenvalue weighted by Crippen LogP contribution is -2.29. The lowest BCUT2D eigenvalue weighted by Gasteiger charge is -2.09. The summed E-state index contributed by atoms with van der Waals surface area (Å²) < 4.78 is 5.28. The SMILES string of the molecule is C[C@@H](N)c1cccc(OCC(=O)NCC#N)c1. The largest absolute Gasteiger partial charge is 0.484 e. The molecule has 0 heterocycles. The van der Waals surface area contributed by atoms with Gasteiger partial charge >= 0.3 is 0 Å². The van der Waals surface area contributed by atoms with E-state index in [0.29, 0.717) is 5.75 Å². The van der Waals surface area contributed by atoms with Gasteiger partial charge in [0.15, 0.2) is 6.61 Å². The van der Waals surface area contributed by atoms with E-state index >= 15 is 0 Å². The Morgan fingerprint density at radius 2 is 2.41 bits per heavy atom. The van der Waals surface area contributed by atoms with Gasteiger partial charge in [-0.2, -0.15) is 5.26 Å². The van der Waals surface area contributed by atoms with Gasteiger partial charge in [-0.25, -0.2) is 0 Å². The highest BCUT2D eigenvalue weighted by atomic mass is 16.5. The van der Waals surface area contributed by atoms with Gasteiger partial charge in [0.2, 0.25) is 0 Å². The van der Waals surface area contributed by atoms with Crippen LogP contribution < -0.4 is 15.8 Å². The van der Waals surface area contributed by atoms with E-state index in [4.69, 9.17) is 15.7 Å². The van der Waals surface area contributed by atoms with E-state index in [0.717, 1.165) is 5.56 Å². The third-order valence-electron chi connectivity index (χ3n) is 2.12. The van der Waals surface area contributed by atoms with Gasteiger partial charge in [0.05, 0.1) is 6.07 Å². The summed E-state index contributed by atoms with van der Waals surface area (Å²) in [6, 6.07) is 9.00. The highest BCUT2D eigenvalue weighted by Gasteiger charge is 2.04. The van der Waals surface area contributed by atoms with Crippen molar-refractivity contribution in [3.63, 3.8) is 0 Å². The maximum Gasteiger partial charge on any atom is 0.258 e. The number of nitriles is 1. The summed E-state index contributed by atoms with van der Waals surface area (Å²) in [7, 11) is 0. The van der Waals surface area contributed by atoms with Crippen LogP contribution in [0.15, 0.2) is 24.3 Å². The maximum absolute atomic E-state index is 11.2. The fraction of sp³-hybridized carbons (Fsp3) is 0.333. The quantitative estimate of drug-likeness (QED) is 0.734. The molecule has 0 spiro atoms. The van der Waals surface area contributed by atoms with Crippen molar-refractivity contribution in [1.29, 1.82) is 5.26 Å². The summed E-state index contributed by atoms with van der Waals surface area (Å²) in [6.07, 6.45) is 0. The topological polar surface area (TPSA) is 88.1 Å². The number of carbonyl (C=O) groups excluding carboxylic acids is 1. The molecule has 0 radical (unpaired) electrons. The Morgan fingerprint density at radius 3 is 3.06 bits per heavy atom. The molecule has 0 aliphatic carbocycles. The van der Waals surface area contributed by atoms with Gasteiger partial charge in [-0.05, 0) is 24.6 Å². The molecule has 1 atom stereocenters. The van der Waals surface area contributed by atoms with Crippen LogP contribution in [0, 0.1) is 11.3 Å². The van der Waals surface area contributed by atoms with E-state index in [-0.39, 0.29) is 25.1 Å². The summed E-state index contributed by atoms with van der Waals surface area (Å²) in [5.41, 5.74) is 6.68. The van der Waals surface area contributed by atoms with Crippen LogP contribution in [0.1, 0.15) is 18.5 Å². The Hall–Kier alpha value is -2.06. The monoisotopic (exact) mass is 233 g/mol. The molecule has 1 aromatic rings. The second kappa shape index (κ2) is 6.51. The Morgan fingerprint density at radius 1 is 1.65 bits per heavy atom. The molecule has 0 saturated heterocycles. The molecule has 1 aromatic carbocycles. The first-order valence-electron chi connectivity index (χ1n) is 5.25. The van der Waals surface area contributed by atoms with Crippen LogP contribution in [0.25, 0.3) is 0 Å². The van der Waals surface area contributed by atoms with Crippen LogP contribution in [0.3, 0.4) is 0 Å². The second-order valence-electron chi connectivity index (χ2n) is 3.58. The van der Waals surface area contributed by atoms with Crippen molar-refractivity contribution in [3.05, 3.63) is 29.8 Å². The van der Waals surface area contributed by atoms with Gasteiger partial charge in [-0.15, -0.1) is 0 Å². The van der Waals surface area contributed by atoms with Crippen LogP contribution in [0.2, 0.25) is 0 Å². The zero-order valence-corrected chi connectivity index (χ0v) is 9.64. The molecular weight excluding hydrogens is 218 g/mol. The van der Waals surface area contributed by atoms with E-state index in [2.05, 4.69) is 5.32 Å². The number of carbonyl (C=O) groups is 1. The maximum atomic E-state index is 11.2. The molecule has 0 saturated carbocycles. The average Bonchev–Trinajstić information content (AvgIpc) is 2.34. The number of nitrogens with zero attached hydrogens (tertiary/aromatic N) is 1. The van der Waals surface area contributed by atoms with Gasteiger partial charge in [0, 0.05) is 6.04 Å². The molecule has 0 unspecified atom stereocenters. The summed E-state index contributed by atoms with van der Waals surface area (Å²) in [4.78, 5) is 11.2. The Labute approximate surface area is 100 Å². The molecule has 1 amide bonds. The lowest BCUT2D eigenvalue weighted by molar-refractivity contribution is -0.122. The molecule has 5 nitrogen and oxygen atoms in total. The molecule has 0 aliphatic heterocycles. The lowest BCUT2D eigenvalue weighted by atomic mass is 10.1. The van der Waals surface area contributed by atoms with E-state index in [1.54, 1.807) is 12.1 Å². The number of ether oxygens (including phenoxy) is 1. The van der Waals surface area contributed by atoms with Crippen molar-refractivity contribution in [3.8, 4) is 11.8 Å². The number of amides is 1. The predicted octanol–water partition coefficient (Wildman–Crippen LogP) is 0.725. The highest BCUT2D eigenvalue weighted by Crippen LogP contribution is 2.17. The van der Waals surface area contributed by atoms with E-state index < -0.39 is 0 Å². The molecule has 17 heavy (non-hydrogen) atoms. The zero-order chi connectivity index (χ0) is 12.7. The van der Waals surface area contributed by atoms with Crippen molar-refractivity contribution in [2.24, 2.45) is 5.73 Å². The summed E-state index contributed by atoms with van der Waals surface area (Å²) in [5.74, 6) is 0.268. The number of nitrogens with one attached hydrogen (secondary N) is 1. The third-order valence-corrected chi connectivity index (χ3v) is 2.12. The number of rotatable bonds is 5. The van der Waals surface area contributed by atoms with Gasteiger partial charge in [0.25, 0.3) is 5.91 Å². The Balaban J connectivity index is 2.49. The number of nitrogens with two attached hydrogens (primary N) is 1. The highest BCUT2D eigenvalue weighted by molar-refractivity contribution is 5.77. The first-order chi connectivity index (χ1) is 8.13. The Kier molecular flexibility index (Phi) is 4.98. The number of benzene rings is 1. The zero-order valence-electron chi connectivity index (χ0n) is 9.64. The Bertz CT molecular complexity index is 424. The van der Waals surface area contributed by atoms with Crippen molar-refractivity contribution in [1.82, 2.24) is 5.32 Å². The minimum Gasteiger partial charge on any atom is -0.484 e. The van der Waals surface area contributed by atoms with Crippen LogP contribution in [-0.4, -0.2) is 19.1 Å². The molecule has 1 rings (SSSR count). The molecule has 0 aromatic heterocycles. The van der Waals surface area contributed by atoms with Crippen molar-refractivity contribution in [2.45, 2.75) is 13.0 Å². The van der Waals surface area contributed by atoms with Crippen LogP contribution >= 0.6 is 0 Å². The van der Waals surface area contributed by atoms with Gasteiger partial charge < -0.3 is 15.8 Å². The standard InChI is InChI=1S/C12H15N3O2/c1-9(14)10-3-2-4-11(7-10)17-8-12(16)15-6-5-13/h2-4,7,9H,6,8,14H2,1H3,(H,15,16)/t9-/m1/s1. The summed E-state index contributed by atoms with van der Waals surface area (Å²) >= 11 is 0. The molecule has 0 aliphatic rings. The van der Waals surface area contributed by atoms with Crippen LogP contribution in [-0.2, 0) is 4.79 Å². The first-order valence-corrected chi connectivity index (χ1v) is 5.25. The molecule has 5 heteroatoms. The van der Waals surface area contributed by atoms with Crippen LogP contribution in [0.4, 0.5) is 0 Å². The minimum atomic E-state index is -0.322. The van der Waals surface area contributed by atoms with Crippen molar-refractivity contribution >= 4 is 5.91 Å². The fourth-order valence-electron chi connectivity index (χ4n) is 1.23. The summed E-state index contributed by atoms with van der Waals surface area (Å²) in [5, 5.41) is 10.7.